The van der Waals surface area contributed by atoms with Crippen LogP contribution in [0.15, 0.2) is 35.4 Å². The highest BCUT2D eigenvalue weighted by atomic mass is 35.5. The summed E-state index contributed by atoms with van der Waals surface area (Å²) in [6.45, 7) is 7.62. The smallest absolute Gasteiger partial charge is 0.269 e. The molecule has 3 atom stereocenters. The lowest BCUT2D eigenvalue weighted by atomic mass is 9.76. The molecule has 0 spiro atoms. The molecule has 1 amide bonds. The van der Waals surface area contributed by atoms with Gasteiger partial charge in [0.15, 0.2) is 0 Å². The fourth-order valence-corrected chi connectivity index (χ4v) is 6.50. The van der Waals surface area contributed by atoms with Crippen molar-refractivity contribution in [2.24, 2.45) is 16.9 Å². The summed E-state index contributed by atoms with van der Waals surface area (Å²) >= 11 is 6.40. The summed E-state index contributed by atoms with van der Waals surface area (Å²) in [5.74, 6) is 4.54. The zero-order valence-electron chi connectivity index (χ0n) is 20.4. The molecule has 2 heterocycles. The number of pyridine rings is 1. The highest BCUT2D eigenvalue weighted by Crippen LogP contribution is 2.45. The van der Waals surface area contributed by atoms with Crippen LogP contribution >= 0.6 is 11.6 Å². The molecule has 36 heavy (non-hydrogen) atoms. The molecule has 1 aromatic heterocycles. The molecule has 7 nitrogen and oxygen atoms in total. The summed E-state index contributed by atoms with van der Waals surface area (Å²) < 4.78 is 11.8. The summed E-state index contributed by atoms with van der Waals surface area (Å²) in [5.41, 5.74) is 4.64. The molecule has 0 radical (unpaired) electrons. The number of hydrazone groups is 1. The van der Waals surface area contributed by atoms with E-state index in [0.29, 0.717) is 34.6 Å². The Hall–Kier alpha value is -2.89. The Bertz CT molecular complexity index is 1380. The van der Waals surface area contributed by atoms with Crippen LogP contribution < -0.4 is 10.3 Å². The van der Waals surface area contributed by atoms with E-state index in [1.165, 1.54) is 25.7 Å². The molecule has 1 aliphatic heterocycles. The number of rotatable bonds is 6. The molecule has 3 aliphatic rings. The van der Waals surface area contributed by atoms with Crippen LogP contribution in [0.1, 0.15) is 53.8 Å². The number of halogens is 1. The van der Waals surface area contributed by atoms with Gasteiger partial charge in [0, 0.05) is 35.1 Å². The van der Waals surface area contributed by atoms with Gasteiger partial charge in [0.1, 0.15) is 5.69 Å². The minimum atomic E-state index is -2.15. The second-order valence-electron chi connectivity index (χ2n) is 10.1. The first kappa shape index (κ1) is 24.8. The summed E-state index contributed by atoms with van der Waals surface area (Å²) in [6, 6.07) is 9.53. The fourth-order valence-electron chi connectivity index (χ4n) is 5.75. The second-order valence-corrected chi connectivity index (χ2v) is 13.3. The first-order valence-corrected chi connectivity index (χ1v) is 15.1. The highest BCUT2D eigenvalue weighted by Gasteiger charge is 2.46. The predicted octanol–water partition coefficient (Wildman–Crippen LogP) is 4.71. The Labute approximate surface area is 217 Å². The van der Waals surface area contributed by atoms with Gasteiger partial charge in [-0.25, -0.2) is 9.83 Å². The van der Waals surface area contributed by atoms with E-state index >= 15 is 0 Å². The third-order valence-corrected chi connectivity index (χ3v) is 8.83. The monoisotopic (exact) mass is 523 g/mol. The van der Waals surface area contributed by atoms with Gasteiger partial charge < -0.3 is 5.32 Å². The van der Waals surface area contributed by atoms with E-state index in [9.17, 15) is 9.00 Å². The second kappa shape index (κ2) is 9.87. The maximum absolute atomic E-state index is 12.6. The number of hydrogen-bond donors (Lipinski definition) is 1. The molecular formula is C27H30ClN5O2S. The zero-order chi connectivity index (χ0) is 25.4. The predicted molar refractivity (Wildman–Crippen MR) is 147 cm³/mol. The molecule has 1 saturated carbocycles. The van der Waals surface area contributed by atoms with Gasteiger partial charge in [-0.15, -0.1) is 0 Å². The molecule has 0 bridgehead atoms. The third-order valence-electron chi connectivity index (χ3n) is 7.45. The number of aryl methyl sites for hydroxylation is 1. The van der Waals surface area contributed by atoms with E-state index in [4.69, 9.17) is 28.3 Å². The lowest BCUT2D eigenvalue weighted by molar-refractivity contribution is 0.0951. The van der Waals surface area contributed by atoms with E-state index in [0.717, 1.165) is 35.5 Å². The number of anilines is 1. The van der Waals surface area contributed by atoms with Crippen molar-refractivity contribution in [2.45, 2.75) is 44.6 Å². The summed E-state index contributed by atoms with van der Waals surface area (Å²) in [6.07, 6.45) is 8.17. The average molecular weight is 524 g/mol. The van der Waals surface area contributed by atoms with Crippen molar-refractivity contribution in [1.29, 1.82) is 0 Å². The largest absolute Gasteiger partial charge is 0.350 e. The number of nitrogens with one attached hydrogen (secondary N) is 1. The molecule has 3 unspecified atom stereocenters. The van der Waals surface area contributed by atoms with Gasteiger partial charge in [0.25, 0.3) is 5.91 Å². The van der Waals surface area contributed by atoms with Crippen molar-refractivity contribution < 1.29 is 9.00 Å². The maximum Gasteiger partial charge on any atom is 0.269 e. The topological polar surface area (TPSA) is 79.0 Å². The van der Waals surface area contributed by atoms with Crippen molar-refractivity contribution in [3.05, 3.63) is 63.7 Å². The quantitative estimate of drug-likeness (QED) is 0.439. The number of carbonyl (C=O) groups excluding carboxylic acids is 1. The Morgan fingerprint density at radius 1 is 1.28 bits per heavy atom. The van der Waals surface area contributed by atoms with Crippen molar-refractivity contribution in [3.8, 4) is 0 Å². The van der Waals surface area contributed by atoms with Gasteiger partial charge in [0.05, 0.1) is 29.7 Å². The standard InChI is InChI=1S/C27H30ClN5O2S/c1-29-23-11-8-18(16-21(23)28)33-26(17-6-4-5-7-17)20-10-12-22-19(25(20)32-33)9-13-24(31-22)27(34)30-14-15-36(2,3)35/h8-9,11,13,16-17,20,26H,2,4-7,10,12,14-15H2,3H3,(H,30,34). The van der Waals surface area contributed by atoms with E-state index in [2.05, 4.69) is 21.0 Å². The summed E-state index contributed by atoms with van der Waals surface area (Å²) in [4.78, 5) is 20.8. The normalized spacial score (nSPS) is 22.8. The maximum atomic E-state index is 12.6. The Morgan fingerprint density at radius 2 is 2.06 bits per heavy atom. The molecule has 1 fully saturated rings. The van der Waals surface area contributed by atoms with Gasteiger partial charge in [-0.05, 0) is 71.3 Å². The third kappa shape index (κ3) is 4.87. The number of carbonyl (C=O) groups is 1. The van der Waals surface area contributed by atoms with E-state index in [1.54, 1.807) is 18.4 Å². The Kier molecular flexibility index (Phi) is 6.80. The first-order chi connectivity index (χ1) is 17.2. The molecule has 1 N–H and O–H groups in total. The molecule has 1 aromatic carbocycles. The van der Waals surface area contributed by atoms with Crippen LogP contribution in [0.5, 0.6) is 0 Å². The van der Waals surface area contributed by atoms with Gasteiger partial charge in [-0.2, -0.15) is 5.10 Å². The van der Waals surface area contributed by atoms with Crippen LogP contribution in [0.25, 0.3) is 4.85 Å². The minimum absolute atomic E-state index is 0.250. The van der Waals surface area contributed by atoms with Crippen molar-refractivity contribution in [2.75, 3.05) is 23.6 Å². The van der Waals surface area contributed by atoms with Crippen molar-refractivity contribution in [3.63, 3.8) is 0 Å². The highest BCUT2D eigenvalue weighted by molar-refractivity contribution is 7.99. The Balaban J connectivity index is 1.45. The number of hydrogen-bond acceptors (Lipinski definition) is 5. The number of aromatic nitrogens is 1. The number of nitrogens with zero attached hydrogens (tertiary/aromatic N) is 4. The van der Waals surface area contributed by atoms with Gasteiger partial charge >= 0.3 is 0 Å². The van der Waals surface area contributed by atoms with Gasteiger partial charge in [-0.3, -0.25) is 14.0 Å². The molecule has 188 valence electrons. The van der Waals surface area contributed by atoms with Crippen molar-refractivity contribution in [1.82, 2.24) is 10.3 Å². The van der Waals surface area contributed by atoms with Crippen LogP contribution in [0, 0.1) is 18.4 Å². The van der Waals surface area contributed by atoms with Gasteiger partial charge in [-0.1, -0.05) is 30.5 Å². The fraction of sp³-hybridized carbons (Fsp3) is 0.444. The van der Waals surface area contributed by atoms with Crippen LogP contribution in [-0.4, -0.2) is 51.3 Å². The van der Waals surface area contributed by atoms with Crippen LogP contribution in [-0.2, 0) is 15.9 Å². The molecule has 0 saturated heterocycles. The molecular weight excluding hydrogens is 494 g/mol. The van der Waals surface area contributed by atoms with Crippen LogP contribution in [0.4, 0.5) is 11.4 Å². The van der Waals surface area contributed by atoms with E-state index < -0.39 is 9.52 Å². The number of amides is 1. The lowest BCUT2D eigenvalue weighted by Gasteiger charge is -2.34. The molecule has 5 rings (SSSR count). The molecule has 9 heteroatoms. The zero-order valence-corrected chi connectivity index (χ0v) is 21.9. The summed E-state index contributed by atoms with van der Waals surface area (Å²) in [7, 11) is -2.15. The number of fused-ring (bicyclic) bond motifs is 3. The van der Waals surface area contributed by atoms with Crippen LogP contribution in [0.3, 0.4) is 0 Å². The van der Waals surface area contributed by atoms with Crippen LogP contribution in [0.2, 0.25) is 5.02 Å². The van der Waals surface area contributed by atoms with E-state index in [1.807, 2.05) is 18.2 Å². The average Bonchev–Trinajstić information content (AvgIpc) is 3.50. The SMILES string of the molecule is [C-]#[N+]c1ccc(N2N=C3c4ccc(C(=O)NCCS(=C)(C)=O)nc4CCC3C2C2CCCC2)cc1Cl. The van der Waals surface area contributed by atoms with Gasteiger partial charge in [0.2, 0.25) is 5.69 Å². The lowest BCUT2D eigenvalue weighted by Crippen LogP contribution is -2.40. The summed E-state index contributed by atoms with van der Waals surface area (Å²) in [5, 5.41) is 10.5. The van der Waals surface area contributed by atoms with Crippen molar-refractivity contribution >= 4 is 50.0 Å². The Morgan fingerprint density at radius 3 is 2.75 bits per heavy atom. The first-order valence-electron chi connectivity index (χ1n) is 12.4. The minimum Gasteiger partial charge on any atom is -0.350 e. The van der Waals surface area contributed by atoms with E-state index in [-0.39, 0.29) is 17.9 Å². The molecule has 2 aliphatic carbocycles. The molecule has 2 aromatic rings. The number of benzene rings is 1.